The standard InChI is InChI=1S/C23H27N3O3/c1-15-17(13-21(28)25-12-6-10-19(25)23(24)29)22-18(9-5-11-20(22)27)26(15)14-16-7-3-2-4-8-16/h2-4,7-8,19H,5-6,9-14H2,1H3,(H2,24,29)/t19-/m0/s1. The third-order valence-corrected chi connectivity index (χ3v) is 6.27. The molecule has 2 N–H and O–H groups in total. The maximum atomic E-state index is 13.0. The van der Waals surface area contributed by atoms with E-state index >= 15 is 0 Å². The molecule has 152 valence electrons. The number of amides is 2. The number of ketones is 1. The van der Waals surface area contributed by atoms with Crippen molar-refractivity contribution in [3.8, 4) is 0 Å². The third-order valence-electron chi connectivity index (χ3n) is 6.27. The quantitative estimate of drug-likeness (QED) is 0.846. The summed E-state index contributed by atoms with van der Waals surface area (Å²) in [5.41, 5.74) is 10.2. The minimum absolute atomic E-state index is 0.118. The number of nitrogens with zero attached hydrogens (tertiary/aromatic N) is 2. The van der Waals surface area contributed by atoms with Gasteiger partial charge < -0.3 is 15.2 Å². The number of carbonyl (C=O) groups excluding carboxylic acids is 3. The van der Waals surface area contributed by atoms with Crippen molar-refractivity contribution in [2.75, 3.05) is 6.54 Å². The fourth-order valence-corrected chi connectivity index (χ4v) is 4.80. The molecule has 4 rings (SSSR count). The van der Waals surface area contributed by atoms with Gasteiger partial charge in [-0.05, 0) is 43.7 Å². The van der Waals surface area contributed by atoms with Gasteiger partial charge in [-0.25, -0.2) is 0 Å². The molecule has 6 nitrogen and oxygen atoms in total. The van der Waals surface area contributed by atoms with E-state index in [0.717, 1.165) is 47.3 Å². The predicted molar refractivity (Wildman–Crippen MR) is 110 cm³/mol. The first kappa shape index (κ1) is 19.4. The van der Waals surface area contributed by atoms with Gasteiger partial charge in [0.15, 0.2) is 5.78 Å². The molecular formula is C23H27N3O3. The van der Waals surface area contributed by atoms with Crippen molar-refractivity contribution in [3.63, 3.8) is 0 Å². The van der Waals surface area contributed by atoms with Crippen molar-refractivity contribution in [1.82, 2.24) is 9.47 Å². The lowest BCUT2D eigenvalue weighted by atomic mass is 9.92. The number of hydrogen-bond donors (Lipinski definition) is 1. The fraction of sp³-hybridized carbons (Fsp3) is 0.435. The fourth-order valence-electron chi connectivity index (χ4n) is 4.80. The molecule has 1 aliphatic carbocycles. The lowest BCUT2D eigenvalue weighted by molar-refractivity contribution is -0.136. The monoisotopic (exact) mass is 393 g/mol. The van der Waals surface area contributed by atoms with E-state index in [1.807, 2.05) is 25.1 Å². The van der Waals surface area contributed by atoms with E-state index in [9.17, 15) is 14.4 Å². The Morgan fingerprint density at radius 1 is 1.14 bits per heavy atom. The van der Waals surface area contributed by atoms with Gasteiger partial charge in [0.25, 0.3) is 0 Å². The van der Waals surface area contributed by atoms with Crippen LogP contribution < -0.4 is 5.73 Å². The first-order valence-corrected chi connectivity index (χ1v) is 10.3. The van der Waals surface area contributed by atoms with Crippen LogP contribution in [0, 0.1) is 6.92 Å². The van der Waals surface area contributed by atoms with Crippen molar-refractivity contribution in [3.05, 3.63) is 58.4 Å². The predicted octanol–water partition coefficient (Wildman–Crippen LogP) is 2.38. The Balaban J connectivity index is 1.69. The van der Waals surface area contributed by atoms with E-state index in [2.05, 4.69) is 16.7 Å². The number of fused-ring (bicyclic) bond motifs is 1. The van der Waals surface area contributed by atoms with E-state index in [4.69, 9.17) is 5.73 Å². The maximum Gasteiger partial charge on any atom is 0.240 e. The summed E-state index contributed by atoms with van der Waals surface area (Å²) in [5.74, 6) is -0.448. The minimum Gasteiger partial charge on any atom is -0.368 e. The number of hydrogen-bond acceptors (Lipinski definition) is 3. The Morgan fingerprint density at radius 3 is 2.62 bits per heavy atom. The molecular weight excluding hydrogens is 366 g/mol. The SMILES string of the molecule is Cc1c(CC(=O)N2CCC[C@H]2C(N)=O)c2c(n1Cc1ccccc1)CCCC2=O. The van der Waals surface area contributed by atoms with Crippen LogP contribution in [0.2, 0.25) is 0 Å². The van der Waals surface area contributed by atoms with Gasteiger partial charge in [0.1, 0.15) is 6.04 Å². The van der Waals surface area contributed by atoms with Gasteiger partial charge in [0.05, 0.1) is 6.42 Å². The van der Waals surface area contributed by atoms with Gasteiger partial charge in [-0.2, -0.15) is 0 Å². The van der Waals surface area contributed by atoms with Crippen LogP contribution in [0.25, 0.3) is 0 Å². The number of likely N-dealkylation sites (tertiary alicyclic amines) is 1. The second-order valence-corrected chi connectivity index (χ2v) is 8.06. The molecule has 1 saturated heterocycles. The number of Topliss-reactive ketones (excluding diaryl/α,β-unsaturated/α-hetero) is 1. The summed E-state index contributed by atoms with van der Waals surface area (Å²) in [6.45, 7) is 3.23. The summed E-state index contributed by atoms with van der Waals surface area (Å²) < 4.78 is 2.19. The van der Waals surface area contributed by atoms with Crippen LogP contribution in [0.5, 0.6) is 0 Å². The van der Waals surface area contributed by atoms with Crippen molar-refractivity contribution in [1.29, 1.82) is 0 Å². The highest BCUT2D eigenvalue weighted by Gasteiger charge is 2.35. The molecule has 0 radical (unpaired) electrons. The van der Waals surface area contributed by atoms with Crippen LogP contribution in [0.3, 0.4) is 0 Å². The summed E-state index contributed by atoms with van der Waals surface area (Å²) in [7, 11) is 0. The zero-order chi connectivity index (χ0) is 20.5. The van der Waals surface area contributed by atoms with Gasteiger partial charge in [-0.3, -0.25) is 14.4 Å². The lowest BCUT2D eigenvalue weighted by Gasteiger charge is -2.22. The zero-order valence-electron chi connectivity index (χ0n) is 16.8. The van der Waals surface area contributed by atoms with Crippen LogP contribution in [0.1, 0.15) is 58.6 Å². The molecule has 0 saturated carbocycles. The van der Waals surface area contributed by atoms with Gasteiger partial charge in [-0.15, -0.1) is 0 Å². The van der Waals surface area contributed by atoms with Gasteiger partial charge in [-0.1, -0.05) is 30.3 Å². The zero-order valence-corrected chi connectivity index (χ0v) is 16.8. The van der Waals surface area contributed by atoms with Gasteiger partial charge in [0.2, 0.25) is 11.8 Å². The minimum atomic E-state index is -0.527. The Hall–Kier alpha value is -2.89. The summed E-state index contributed by atoms with van der Waals surface area (Å²) in [5, 5.41) is 0. The smallest absolute Gasteiger partial charge is 0.240 e. The van der Waals surface area contributed by atoms with E-state index in [1.54, 1.807) is 4.90 Å². The average Bonchev–Trinajstić information content (AvgIpc) is 3.29. The number of carbonyl (C=O) groups is 3. The number of nitrogens with two attached hydrogens (primary N) is 1. The molecule has 2 amide bonds. The molecule has 1 aromatic heterocycles. The van der Waals surface area contributed by atoms with Crippen molar-refractivity contribution < 1.29 is 14.4 Å². The molecule has 0 unspecified atom stereocenters. The number of aromatic nitrogens is 1. The Bertz CT molecular complexity index is 961. The van der Waals surface area contributed by atoms with E-state index < -0.39 is 11.9 Å². The highest BCUT2D eigenvalue weighted by atomic mass is 16.2. The Morgan fingerprint density at radius 2 is 1.90 bits per heavy atom. The highest BCUT2D eigenvalue weighted by molar-refractivity contribution is 6.01. The van der Waals surface area contributed by atoms with Crippen LogP contribution in [0.4, 0.5) is 0 Å². The number of primary amides is 1. The third kappa shape index (κ3) is 3.59. The molecule has 1 aliphatic heterocycles. The molecule has 6 heteroatoms. The average molecular weight is 393 g/mol. The van der Waals surface area contributed by atoms with Crippen LogP contribution >= 0.6 is 0 Å². The molecule has 0 spiro atoms. The Labute approximate surface area is 170 Å². The van der Waals surface area contributed by atoms with Gasteiger partial charge >= 0.3 is 0 Å². The summed E-state index contributed by atoms with van der Waals surface area (Å²) in [4.78, 5) is 39.1. The van der Waals surface area contributed by atoms with E-state index in [0.29, 0.717) is 25.9 Å². The molecule has 1 atom stereocenters. The number of benzene rings is 1. The summed E-state index contributed by atoms with van der Waals surface area (Å²) >= 11 is 0. The second kappa shape index (κ2) is 7.85. The normalized spacial score (nSPS) is 18.7. The second-order valence-electron chi connectivity index (χ2n) is 8.06. The van der Waals surface area contributed by atoms with Crippen molar-refractivity contribution in [2.24, 2.45) is 5.73 Å². The van der Waals surface area contributed by atoms with Gasteiger partial charge in [0, 0.05) is 36.5 Å². The molecule has 2 aliphatic rings. The molecule has 1 aromatic carbocycles. The first-order valence-electron chi connectivity index (χ1n) is 10.3. The molecule has 29 heavy (non-hydrogen) atoms. The topological polar surface area (TPSA) is 85.4 Å². The largest absolute Gasteiger partial charge is 0.368 e. The highest BCUT2D eigenvalue weighted by Crippen LogP contribution is 2.32. The Kier molecular flexibility index (Phi) is 5.26. The van der Waals surface area contributed by atoms with E-state index in [1.165, 1.54) is 0 Å². The summed E-state index contributed by atoms with van der Waals surface area (Å²) in [6.07, 6.45) is 3.75. The maximum absolute atomic E-state index is 13.0. The lowest BCUT2D eigenvalue weighted by Crippen LogP contribution is -2.44. The van der Waals surface area contributed by atoms with Crippen LogP contribution in [-0.4, -0.2) is 39.7 Å². The summed E-state index contributed by atoms with van der Waals surface area (Å²) in [6, 6.07) is 9.62. The molecule has 1 fully saturated rings. The van der Waals surface area contributed by atoms with Crippen molar-refractivity contribution >= 4 is 17.6 Å². The number of rotatable bonds is 5. The molecule has 2 aromatic rings. The molecule has 2 heterocycles. The van der Waals surface area contributed by atoms with Crippen LogP contribution in [-0.2, 0) is 29.0 Å². The first-order chi connectivity index (χ1) is 14.0. The molecule has 0 bridgehead atoms. The van der Waals surface area contributed by atoms with E-state index in [-0.39, 0.29) is 18.1 Å². The van der Waals surface area contributed by atoms with Crippen LogP contribution in [0.15, 0.2) is 30.3 Å². The van der Waals surface area contributed by atoms with Crippen molar-refractivity contribution in [2.45, 2.75) is 58.0 Å².